The average Bonchev–Trinajstić information content (AvgIpc) is 2.43. The third-order valence-corrected chi connectivity index (χ3v) is 3.98. The molecule has 0 heterocycles. The Morgan fingerprint density at radius 1 is 1.00 bits per heavy atom. The summed E-state index contributed by atoms with van der Waals surface area (Å²) in [4.78, 5) is 1.21. The molecule has 0 saturated heterocycles. The maximum Gasteiger partial charge on any atom is 0.175 e. The van der Waals surface area contributed by atoms with E-state index in [2.05, 4.69) is 55.0 Å². The standard InChI is InChI=1S/C16H18N2S2/c1-11-6-4-7-12(2)15(11)18-16(19)17-13-8-5-9-14(10-13)20-3/h4-10H,1-3H3,(H2,17,18,19). The van der Waals surface area contributed by atoms with Crippen LogP contribution in [0.25, 0.3) is 0 Å². The molecule has 2 aromatic rings. The van der Waals surface area contributed by atoms with Crippen LogP contribution >= 0.6 is 24.0 Å². The molecule has 2 nitrogen and oxygen atoms in total. The van der Waals surface area contributed by atoms with Crippen LogP contribution in [0.15, 0.2) is 47.4 Å². The maximum absolute atomic E-state index is 5.39. The van der Waals surface area contributed by atoms with Gasteiger partial charge in [0.25, 0.3) is 0 Å². The molecule has 2 aromatic carbocycles. The van der Waals surface area contributed by atoms with E-state index in [0.717, 1.165) is 11.4 Å². The second-order valence-corrected chi connectivity index (χ2v) is 5.87. The van der Waals surface area contributed by atoms with Gasteiger partial charge in [0.1, 0.15) is 0 Å². The zero-order valence-corrected chi connectivity index (χ0v) is 13.5. The summed E-state index contributed by atoms with van der Waals surface area (Å²) < 4.78 is 0. The number of hydrogen-bond acceptors (Lipinski definition) is 2. The Kier molecular flexibility index (Phi) is 5.04. The largest absolute Gasteiger partial charge is 0.332 e. The smallest absolute Gasteiger partial charge is 0.175 e. The van der Waals surface area contributed by atoms with Gasteiger partial charge in [0.15, 0.2) is 5.11 Å². The van der Waals surface area contributed by atoms with E-state index in [0.29, 0.717) is 5.11 Å². The van der Waals surface area contributed by atoms with Crippen LogP contribution in [0.5, 0.6) is 0 Å². The highest BCUT2D eigenvalue weighted by Crippen LogP contribution is 2.21. The summed E-state index contributed by atoms with van der Waals surface area (Å²) in [5.74, 6) is 0. The molecule has 0 aromatic heterocycles. The Hall–Kier alpha value is -1.52. The molecule has 0 aliphatic heterocycles. The van der Waals surface area contributed by atoms with Crippen molar-refractivity contribution >= 4 is 40.5 Å². The lowest BCUT2D eigenvalue weighted by atomic mass is 10.1. The maximum atomic E-state index is 5.39. The molecule has 2 rings (SSSR count). The highest BCUT2D eigenvalue weighted by atomic mass is 32.2. The van der Waals surface area contributed by atoms with Gasteiger partial charge in [-0.05, 0) is 61.6 Å². The van der Waals surface area contributed by atoms with E-state index in [1.807, 2.05) is 18.2 Å². The number of benzene rings is 2. The molecular formula is C16H18N2S2. The van der Waals surface area contributed by atoms with Gasteiger partial charge in [-0.15, -0.1) is 11.8 Å². The zero-order chi connectivity index (χ0) is 14.5. The lowest BCUT2D eigenvalue weighted by Gasteiger charge is -2.15. The van der Waals surface area contributed by atoms with E-state index in [9.17, 15) is 0 Å². The summed E-state index contributed by atoms with van der Waals surface area (Å²) >= 11 is 7.10. The minimum atomic E-state index is 0.612. The van der Waals surface area contributed by atoms with Crippen LogP contribution in [0.4, 0.5) is 11.4 Å². The molecule has 0 aliphatic rings. The van der Waals surface area contributed by atoms with Crippen LogP contribution in [0.3, 0.4) is 0 Å². The van der Waals surface area contributed by atoms with E-state index < -0.39 is 0 Å². The zero-order valence-electron chi connectivity index (χ0n) is 11.9. The van der Waals surface area contributed by atoms with Gasteiger partial charge in [0, 0.05) is 16.3 Å². The quantitative estimate of drug-likeness (QED) is 0.626. The second kappa shape index (κ2) is 6.77. The molecule has 0 unspecified atom stereocenters. The van der Waals surface area contributed by atoms with Crippen LogP contribution in [-0.2, 0) is 0 Å². The minimum absolute atomic E-state index is 0.612. The van der Waals surface area contributed by atoms with Crippen molar-refractivity contribution < 1.29 is 0 Å². The SMILES string of the molecule is CSc1cccc(NC(=S)Nc2c(C)cccc2C)c1. The van der Waals surface area contributed by atoms with E-state index in [1.165, 1.54) is 16.0 Å². The highest BCUT2D eigenvalue weighted by molar-refractivity contribution is 7.98. The number of thiocarbonyl (C=S) groups is 1. The predicted molar refractivity (Wildman–Crippen MR) is 94.0 cm³/mol. The fraction of sp³-hybridized carbons (Fsp3) is 0.188. The molecular weight excluding hydrogens is 284 g/mol. The Labute approximate surface area is 130 Å². The monoisotopic (exact) mass is 302 g/mol. The van der Waals surface area contributed by atoms with Crippen molar-refractivity contribution in [1.82, 2.24) is 0 Å². The fourth-order valence-electron chi connectivity index (χ4n) is 1.99. The molecule has 0 radical (unpaired) electrons. The number of rotatable bonds is 3. The van der Waals surface area contributed by atoms with Crippen molar-refractivity contribution in [2.24, 2.45) is 0 Å². The van der Waals surface area contributed by atoms with Gasteiger partial charge in [0.05, 0.1) is 0 Å². The minimum Gasteiger partial charge on any atom is -0.332 e. The third kappa shape index (κ3) is 3.74. The summed E-state index contributed by atoms with van der Waals surface area (Å²) in [6, 6.07) is 14.4. The molecule has 4 heteroatoms. The van der Waals surface area contributed by atoms with Crippen LogP contribution in [0.1, 0.15) is 11.1 Å². The summed E-state index contributed by atoms with van der Waals surface area (Å²) in [5.41, 5.74) is 4.45. The van der Waals surface area contributed by atoms with Crippen molar-refractivity contribution in [3.8, 4) is 0 Å². The molecule has 104 valence electrons. The van der Waals surface area contributed by atoms with Gasteiger partial charge < -0.3 is 10.6 Å². The molecule has 20 heavy (non-hydrogen) atoms. The number of para-hydroxylation sites is 1. The normalized spacial score (nSPS) is 10.2. The Bertz CT molecular complexity index is 603. The molecule has 0 saturated carbocycles. The van der Waals surface area contributed by atoms with Gasteiger partial charge in [0.2, 0.25) is 0 Å². The predicted octanol–water partition coefficient (Wildman–Crippen LogP) is 4.83. The molecule has 2 N–H and O–H groups in total. The molecule has 0 atom stereocenters. The number of thioether (sulfide) groups is 1. The second-order valence-electron chi connectivity index (χ2n) is 4.58. The first-order valence-corrected chi connectivity index (χ1v) is 8.01. The highest BCUT2D eigenvalue weighted by Gasteiger charge is 2.04. The third-order valence-electron chi connectivity index (χ3n) is 3.05. The average molecular weight is 302 g/mol. The number of hydrogen-bond donors (Lipinski definition) is 2. The van der Waals surface area contributed by atoms with Gasteiger partial charge in [-0.2, -0.15) is 0 Å². The van der Waals surface area contributed by atoms with Crippen LogP contribution in [0, 0.1) is 13.8 Å². The van der Waals surface area contributed by atoms with Crippen LogP contribution in [0.2, 0.25) is 0 Å². The summed E-state index contributed by atoms with van der Waals surface area (Å²) in [5, 5.41) is 7.12. The topological polar surface area (TPSA) is 24.1 Å². The van der Waals surface area contributed by atoms with E-state index in [4.69, 9.17) is 12.2 Å². The van der Waals surface area contributed by atoms with E-state index >= 15 is 0 Å². The Morgan fingerprint density at radius 3 is 2.30 bits per heavy atom. The Balaban J connectivity index is 2.09. The summed E-state index contributed by atoms with van der Waals surface area (Å²) in [7, 11) is 0. The van der Waals surface area contributed by atoms with E-state index in [1.54, 1.807) is 11.8 Å². The first-order valence-electron chi connectivity index (χ1n) is 6.38. The molecule has 0 bridgehead atoms. The van der Waals surface area contributed by atoms with Gasteiger partial charge in [-0.25, -0.2) is 0 Å². The first kappa shape index (κ1) is 14.9. The lowest BCUT2D eigenvalue weighted by Crippen LogP contribution is -2.20. The fourth-order valence-corrected chi connectivity index (χ4v) is 2.67. The van der Waals surface area contributed by atoms with Gasteiger partial charge >= 0.3 is 0 Å². The van der Waals surface area contributed by atoms with Crippen LogP contribution < -0.4 is 10.6 Å². The molecule has 0 spiro atoms. The Morgan fingerprint density at radius 2 is 1.65 bits per heavy atom. The first-order chi connectivity index (χ1) is 9.60. The van der Waals surface area contributed by atoms with Crippen molar-refractivity contribution in [3.05, 3.63) is 53.6 Å². The van der Waals surface area contributed by atoms with Crippen LogP contribution in [-0.4, -0.2) is 11.4 Å². The molecule has 0 fully saturated rings. The van der Waals surface area contributed by atoms with Crippen molar-refractivity contribution in [3.63, 3.8) is 0 Å². The van der Waals surface area contributed by atoms with Crippen molar-refractivity contribution in [2.45, 2.75) is 18.7 Å². The number of anilines is 2. The van der Waals surface area contributed by atoms with Crippen molar-refractivity contribution in [1.29, 1.82) is 0 Å². The lowest BCUT2D eigenvalue weighted by molar-refractivity contribution is 1.37. The van der Waals surface area contributed by atoms with E-state index in [-0.39, 0.29) is 0 Å². The summed E-state index contributed by atoms with van der Waals surface area (Å²) in [6.07, 6.45) is 2.06. The van der Waals surface area contributed by atoms with Crippen molar-refractivity contribution in [2.75, 3.05) is 16.9 Å². The summed E-state index contributed by atoms with van der Waals surface area (Å²) in [6.45, 7) is 4.15. The number of aryl methyl sites for hydroxylation is 2. The van der Waals surface area contributed by atoms with Gasteiger partial charge in [-0.3, -0.25) is 0 Å². The van der Waals surface area contributed by atoms with Gasteiger partial charge in [-0.1, -0.05) is 24.3 Å². The molecule has 0 amide bonds. The number of nitrogens with one attached hydrogen (secondary N) is 2. The molecule has 0 aliphatic carbocycles.